The Morgan fingerprint density at radius 2 is 1.81 bits per heavy atom. The second-order valence-electron chi connectivity index (χ2n) is 5.57. The minimum Gasteiger partial charge on any atom is -0.389 e. The van der Waals surface area contributed by atoms with E-state index < -0.39 is 20.2 Å². The highest BCUT2D eigenvalue weighted by molar-refractivity contribution is 7.92. The first-order valence-electron chi connectivity index (χ1n) is 5.79. The summed E-state index contributed by atoms with van der Waals surface area (Å²) < 4.78 is 22.1. The van der Waals surface area contributed by atoms with Crippen LogP contribution in [0.25, 0.3) is 0 Å². The van der Waals surface area contributed by atoms with E-state index in [1.165, 1.54) is 6.26 Å². The monoisotopic (exact) mass is 249 g/mol. The third kappa shape index (κ3) is 3.43. The molecular formula is C11H23NO3S. The highest BCUT2D eigenvalue weighted by Crippen LogP contribution is 2.28. The van der Waals surface area contributed by atoms with Crippen LogP contribution >= 0.6 is 0 Å². The number of sulfone groups is 1. The minimum absolute atomic E-state index is 0.383. The Balaban J connectivity index is 2.41. The third-order valence-electron chi connectivity index (χ3n) is 3.54. The molecule has 0 bridgehead atoms. The van der Waals surface area contributed by atoms with Crippen LogP contribution in [0.15, 0.2) is 0 Å². The summed E-state index contributed by atoms with van der Waals surface area (Å²) in [5.74, 6) is 0. The summed E-state index contributed by atoms with van der Waals surface area (Å²) in [5.41, 5.74) is -0.617. The molecule has 0 atom stereocenters. The molecule has 2 N–H and O–H groups in total. The van der Waals surface area contributed by atoms with E-state index in [-0.39, 0.29) is 0 Å². The number of nitrogens with one attached hydrogen (secondary N) is 1. The van der Waals surface area contributed by atoms with Gasteiger partial charge in [-0.25, -0.2) is 8.42 Å². The first-order valence-corrected chi connectivity index (χ1v) is 7.68. The molecule has 1 fully saturated rings. The zero-order chi connectivity index (χ0) is 12.4. The van der Waals surface area contributed by atoms with Crippen molar-refractivity contribution in [1.29, 1.82) is 0 Å². The van der Waals surface area contributed by atoms with Crippen molar-refractivity contribution in [2.45, 2.75) is 49.9 Å². The molecule has 4 nitrogen and oxygen atoms in total. The molecule has 0 heterocycles. The molecule has 16 heavy (non-hydrogen) atoms. The van der Waals surface area contributed by atoms with Crippen molar-refractivity contribution < 1.29 is 13.5 Å². The quantitative estimate of drug-likeness (QED) is 0.753. The molecule has 0 saturated heterocycles. The van der Waals surface area contributed by atoms with E-state index in [1.54, 1.807) is 13.8 Å². The maximum atomic E-state index is 11.5. The lowest BCUT2D eigenvalue weighted by Crippen LogP contribution is -2.46. The van der Waals surface area contributed by atoms with Gasteiger partial charge in [0.2, 0.25) is 0 Å². The predicted octanol–water partition coefficient (Wildman–Crippen LogP) is 0.704. The smallest absolute Gasteiger partial charge is 0.153 e. The maximum absolute atomic E-state index is 11.5. The molecule has 0 aromatic heterocycles. The van der Waals surface area contributed by atoms with Gasteiger partial charge in [-0.2, -0.15) is 0 Å². The Morgan fingerprint density at radius 1 is 1.31 bits per heavy atom. The Kier molecular flexibility index (Phi) is 4.03. The lowest BCUT2D eigenvalue weighted by Gasteiger charge is -2.27. The zero-order valence-electron chi connectivity index (χ0n) is 10.4. The van der Waals surface area contributed by atoms with Gasteiger partial charge in [0, 0.05) is 19.3 Å². The molecule has 1 aliphatic carbocycles. The third-order valence-corrected chi connectivity index (χ3v) is 5.69. The van der Waals surface area contributed by atoms with Gasteiger partial charge in [-0.05, 0) is 26.7 Å². The first-order chi connectivity index (χ1) is 7.16. The van der Waals surface area contributed by atoms with Gasteiger partial charge in [-0.15, -0.1) is 0 Å². The Morgan fingerprint density at radius 3 is 2.25 bits per heavy atom. The fourth-order valence-electron chi connectivity index (χ4n) is 1.94. The van der Waals surface area contributed by atoms with E-state index in [4.69, 9.17) is 0 Å². The SMILES string of the molecule is CC(C)(CNCC1(O)CCCC1)S(C)(=O)=O. The van der Waals surface area contributed by atoms with Crippen LogP contribution in [0.1, 0.15) is 39.5 Å². The topological polar surface area (TPSA) is 66.4 Å². The van der Waals surface area contributed by atoms with Crippen molar-refractivity contribution in [2.24, 2.45) is 0 Å². The van der Waals surface area contributed by atoms with Crippen LogP contribution < -0.4 is 5.32 Å². The normalized spacial score (nSPS) is 21.2. The van der Waals surface area contributed by atoms with Crippen LogP contribution in [-0.2, 0) is 9.84 Å². The van der Waals surface area contributed by atoms with Crippen LogP contribution in [0.5, 0.6) is 0 Å². The second kappa shape index (κ2) is 4.63. The summed E-state index contributed by atoms with van der Waals surface area (Å²) in [6, 6.07) is 0. The standard InChI is InChI=1S/C11H23NO3S/c1-10(2,16(3,14)15)8-12-9-11(13)6-4-5-7-11/h12-13H,4-9H2,1-3H3. The summed E-state index contributed by atoms with van der Waals surface area (Å²) >= 11 is 0. The van der Waals surface area contributed by atoms with Crippen LogP contribution in [0.2, 0.25) is 0 Å². The summed E-state index contributed by atoms with van der Waals surface area (Å²) in [6.45, 7) is 4.28. The maximum Gasteiger partial charge on any atom is 0.153 e. The van der Waals surface area contributed by atoms with Gasteiger partial charge >= 0.3 is 0 Å². The number of rotatable bonds is 5. The largest absolute Gasteiger partial charge is 0.389 e. The average Bonchev–Trinajstić information content (AvgIpc) is 2.50. The van der Waals surface area contributed by atoms with E-state index in [0.717, 1.165) is 25.7 Å². The molecule has 0 aromatic rings. The Hall–Kier alpha value is -0.130. The van der Waals surface area contributed by atoms with Crippen molar-refractivity contribution >= 4 is 9.84 Å². The predicted molar refractivity (Wildman–Crippen MR) is 65.2 cm³/mol. The van der Waals surface area contributed by atoms with Gasteiger partial charge in [0.1, 0.15) is 0 Å². The van der Waals surface area contributed by atoms with Gasteiger partial charge in [-0.1, -0.05) is 12.8 Å². The minimum atomic E-state index is -3.06. The van der Waals surface area contributed by atoms with Crippen molar-refractivity contribution in [1.82, 2.24) is 5.32 Å². The van der Waals surface area contributed by atoms with Gasteiger partial charge in [-0.3, -0.25) is 0 Å². The molecular weight excluding hydrogens is 226 g/mol. The summed E-state index contributed by atoms with van der Waals surface area (Å²) in [6.07, 6.45) is 5.01. The number of hydrogen-bond donors (Lipinski definition) is 2. The lowest BCUT2D eigenvalue weighted by atomic mass is 10.0. The molecule has 0 spiro atoms. The van der Waals surface area contributed by atoms with Crippen LogP contribution in [0.3, 0.4) is 0 Å². The summed E-state index contributed by atoms with van der Waals surface area (Å²) in [4.78, 5) is 0. The molecule has 0 unspecified atom stereocenters. The summed E-state index contributed by atoms with van der Waals surface area (Å²) in [5, 5.41) is 13.2. The Bertz CT molecular complexity index is 329. The molecule has 96 valence electrons. The summed E-state index contributed by atoms with van der Waals surface area (Å²) in [7, 11) is -3.06. The van der Waals surface area contributed by atoms with Crippen LogP contribution in [-0.4, -0.2) is 43.2 Å². The van der Waals surface area contributed by atoms with Crippen LogP contribution in [0, 0.1) is 0 Å². The highest BCUT2D eigenvalue weighted by atomic mass is 32.2. The first kappa shape index (κ1) is 13.9. The van der Waals surface area contributed by atoms with E-state index in [2.05, 4.69) is 5.32 Å². The van der Waals surface area contributed by atoms with Gasteiger partial charge in [0.25, 0.3) is 0 Å². The number of aliphatic hydroxyl groups is 1. The van der Waals surface area contributed by atoms with E-state index >= 15 is 0 Å². The van der Waals surface area contributed by atoms with Crippen LogP contribution in [0.4, 0.5) is 0 Å². The molecule has 1 rings (SSSR count). The molecule has 0 amide bonds. The van der Waals surface area contributed by atoms with Gasteiger partial charge in [0.15, 0.2) is 9.84 Å². The molecule has 5 heteroatoms. The molecule has 0 radical (unpaired) electrons. The molecule has 0 aromatic carbocycles. The van der Waals surface area contributed by atoms with E-state index in [1.807, 2.05) is 0 Å². The molecule has 0 aliphatic heterocycles. The van der Waals surface area contributed by atoms with Crippen molar-refractivity contribution in [2.75, 3.05) is 19.3 Å². The molecule has 1 aliphatic rings. The fourth-order valence-corrected chi connectivity index (χ4v) is 2.30. The fraction of sp³-hybridized carbons (Fsp3) is 1.00. The average molecular weight is 249 g/mol. The Labute approximate surface area is 98.4 Å². The van der Waals surface area contributed by atoms with Gasteiger partial charge < -0.3 is 10.4 Å². The second-order valence-corrected chi connectivity index (χ2v) is 8.22. The highest BCUT2D eigenvalue weighted by Gasteiger charge is 2.33. The molecule has 1 saturated carbocycles. The number of hydrogen-bond acceptors (Lipinski definition) is 4. The van der Waals surface area contributed by atoms with Crippen molar-refractivity contribution in [3.63, 3.8) is 0 Å². The van der Waals surface area contributed by atoms with Crippen molar-refractivity contribution in [3.05, 3.63) is 0 Å². The van der Waals surface area contributed by atoms with E-state index in [9.17, 15) is 13.5 Å². The van der Waals surface area contributed by atoms with Crippen molar-refractivity contribution in [3.8, 4) is 0 Å². The zero-order valence-corrected chi connectivity index (χ0v) is 11.2. The van der Waals surface area contributed by atoms with Gasteiger partial charge in [0.05, 0.1) is 10.3 Å². The van der Waals surface area contributed by atoms with E-state index in [0.29, 0.717) is 13.1 Å². The lowest BCUT2D eigenvalue weighted by molar-refractivity contribution is 0.0475.